The molecule has 0 aromatic heterocycles. The Morgan fingerprint density at radius 2 is 2.21 bits per heavy atom. The number of allylic oxidation sites excluding steroid dienone is 2. The van der Waals surface area contributed by atoms with Crippen molar-refractivity contribution in [2.75, 3.05) is 7.11 Å². The number of carbonyl (C=O) groups is 1. The van der Waals surface area contributed by atoms with Gasteiger partial charge in [0.2, 0.25) is 0 Å². The van der Waals surface area contributed by atoms with Crippen molar-refractivity contribution in [2.45, 2.75) is 12.8 Å². The molecule has 0 saturated carbocycles. The lowest BCUT2D eigenvalue weighted by Gasteiger charge is -2.03. The van der Waals surface area contributed by atoms with Crippen LogP contribution in [0.1, 0.15) is 17.5 Å². The first-order valence-corrected chi connectivity index (χ1v) is 4.67. The summed E-state index contributed by atoms with van der Waals surface area (Å²) in [6.07, 6.45) is 4.48. The Labute approximate surface area is 83.2 Å². The van der Waals surface area contributed by atoms with Crippen LogP contribution < -0.4 is 4.74 Å². The van der Waals surface area contributed by atoms with Crippen LogP contribution >= 0.6 is 0 Å². The quantitative estimate of drug-likeness (QED) is 0.525. The zero-order valence-corrected chi connectivity index (χ0v) is 8.12. The van der Waals surface area contributed by atoms with Crippen molar-refractivity contribution in [2.24, 2.45) is 0 Å². The number of aryl methyl sites for hydroxylation is 1. The van der Waals surface area contributed by atoms with E-state index < -0.39 is 0 Å². The molecule has 0 spiro atoms. The van der Waals surface area contributed by atoms with Gasteiger partial charge in [0.15, 0.2) is 0 Å². The number of aldehydes is 1. The van der Waals surface area contributed by atoms with E-state index in [9.17, 15) is 4.79 Å². The van der Waals surface area contributed by atoms with Gasteiger partial charge in [-0.05, 0) is 47.8 Å². The summed E-state index contributed by atoms with van der Waals surface area (Å²) in [5, 5.41) is 0. The molecule has 0 bridgehead atoms. The summed E-state index contributed by atoms with van der Waals surface area (Å²) in [6.45, 7) is 0. The monoisotopic (exact) mass is 188 g/mol. The van der Waals surface area contributed by atoms with E-state index in [4.69, 9.17) is 4.74 Å². The molecule has 0 amide bonds. The number of rotatable bonds is 2. The fourth-order valence-electron chi connectivity index (χ4n) is 1.86. The van der Waals surface area contributed by atoms with Gasteiger partial charge in [-0.3, -0.25) is 4.79 Å². The van der Waals surface area contributed by atoms with Crippen LogP contribution in [0, 0.1) is 0 Å². The molecule has 0 N–H and O–H groups in total. The molecule has 1 aromatic rings. The summed E-state index contributed by atoms with van der Waals surface area (Å²) in [4.78, 5) is 10.4. The van der Waals surface area contributed by atoms with E-state index >= 15 is 0 Å². The molecule has 0 atom stereocenters. The Kier molecular flexibility index (Phi) is 2.35. The highest BCUT2D eigenvalue weighted by molar-refractivity contribution is 5.84. The molecule has 0 fully saturated rings. The topological polar surface area (TPSA) is 26.3 Å². The maximum absolute atomic E-state index is 10.4. The molecule has 1 aliphatic carbocycles. The second kappa shape index (κ2) is 3.66. The summed E-state index contributed by atoms with van der Waals surface area (Å²) < 4.78 is 5.15. The van der Waals surface area contributed by atoms with Crippen molar-refractivity contribution in [3.05, 3.63) is 35.4 Å². The molecule has 1 aromatic carbocycles. The molecular formula is C12H12O2. The largest absolute Gasteiger partial charge is 0.497 e. The van der Waals surface area contributed by atoms with Crippen molar-refractivity contribution in [3.63, 3.8) is 0 Å². The van der Waals surface area contributed by atoms with E-state index in [0.29, 0.717) is 0 Å². The maximum Gasteiger partial charge on any atom is 0.143 e. The van der Waals surface area contributed by atoms with Gasteiger partial charge in [0, 0.05) is 0 Å². The number of hydrogen-bond donors (Lipinski definition) is 0. The Morgan fingerprint density at radius 3 is 2.93 bits per heavy atom. The highest BCUT2D eigenvalue weighted by Crippen LogP contribution is 2.34. The summed E-state index contributed by atoms with van der Waals surface area (Å²) >= 11 is 0. The van der Waals surface area contributed by atoms with Gasteiger partial charge in [-0.2, -0.15) is 0 Å². The molecule has 0 aliphatic heterocycles. The van der Waals surface area contributed by atoms with E-state index in [-0.39, 0.29) is 0 Å². The summed E-state index contributed by atoms with van der Waals surface area (Å²) in [7, 11) is 1.65. The molecular weight excluding hydrogens is 176 g/mol. The maximum atomic E-state index is 10.4. The molecule has 2 heteroatoms. The minimum atomic E-state index is 0.849. The van der Waals surface area contributed by atoms with E-state index in [0.717, 1.165) is 36.0 Å². The molecule has 2 nitrogen and oxygen atoms in total. The van der Waals surface area contributed by atoms with Crippen LogP contribution in [-0.4, -0.2) is 13.4 Å². The van der Waals surface area contributed by atoms with Gasteiger partial charge in [-0.1, -0.05) is 6.07 Å². The molecule has 14 heavy (non-hydrogen) atoms. The number of carbonyl (C=O) groups excluding carboxylic acids is 1. The fourth-order valence-corrected chi connectivity index (χ4v) is 1.86. The van der Waals surface area contributed by atoms with Crippen molar-refractivity contribution in [3.8, 4) is 5.75 Å². The average molecular weight is 188 g/mol. The average Bonchev–Trinajstić information content (AvgIpc) is 2.61. The minimum absolute atomic E-state index is 0.849. The second-order valence-electron chi connectivity index (χ2n) is 3.35. The van der Waals surface area contributed by atoms with Crippen molar-refractivity contribution in [1.29, 1.82) is 0 Å². The number of fused-ring (bicyclic) bond motifs is 1. The minimum Gasteiger partial charge on any atom is -0.497 e. The summed E-state index contributed by atoms with van der Waals surface area (Å²) in [6, 6.07) is 6.03. The molecule has 72 valence electrons. The normalized spacial score (nSPS) is 16.8. The van der Waals surface area contributed by atoms with Gasteiger partial charge in [-0.15, -0.1) is 0 Å². The zero-order chi connectivity index (χ0) is 9.97. The van der Waals surface area contributed by atoms with Crippen molar-refractivity contribution < 1.29 is 9.53 Å². The predicted molar refractivity (Wildman–Crippen MR) is 55.4 cm³/mol. The zero-order valence-electron chi connectivity index (χ0n) is 8.12. The van der Waals surface area contributed by atoms with Crippen LogP contribution in [0.5, 0.6) is 5.75 Å². The van der Waals surface area contributed by atoms with Gasteiger partial charge < -0.3 is 4.74 Å². The Bertz CT molecular complexity index is 391. The van der Waals surface area contributed by atoms with Gasteiger partial charge in [0.05, 0.1) is 7.11 Å². The molecule has 2 rings (SSSR count). The van der Waals surface area contributed by atoms with Crippen molar-refractivity contribution in [1.82, 2.24) is 0 Å². The third-order valence-electron chi connectivity index (χ3n) is 2.60. The third kappa shape index (κ3) is 1.43. The summed E-state index contributed by atoms with van der Waals surface area (Å²) in [5.74, 6) is 0.849. The Balaban J connectivity index is 2.46. The number of hydrogen-bond acceptors (Lipinski definition) is 2. The Hall–Kier alpha value is -1.57. The number of ether oxygens (including phenoxy) is 1. The highest BCUT2D eigenvalue weighted by Gasteiger charge is 2.16. The third-order valence-corrected chi connectivity index (χ3v) is 2.60. The lowest BCUT2D eigenvalue weighted by atomic mass is 10.1. The first kappa shape index (κ1) is 9.00. The lowest BCUT2D eigenvalue weighted by molar-refractivity contribution is -0.104. The summed E-state index contributed by atoms with van der Waals surface area (Å²) in [5.41, 5.74) is 3.59. The van der Waals surface area contributed by atoms with Crippen LogP contribution in [-0.2, 0) is 11.2 Å². The van der Waals surface area contributed by atoms with E-state index in [1.165, 1.54) is 5.56 Å². The van der Waals surface area contributed by atoms with Crippen LogP contribution in [0.2, 0.25) is 0 Å². The first-order valence-electron chi connectivity index (χ1n) is 4.67. The van der Waals surface area contributed by atoms with E-state index in [1.54, 1.807) is 13.2 Å². The second-order valence-corrected chi connectivity index (χ2v) is 3.35. The molecule has 0 heterocycles. The lowest BCUT2D eigenvalue weighted by Crippen LogP contribution is -1.86. The fraction of sp³-hybridized carbons (Fsp3) is 0.250. The van der Waals surface area contributed by atoms with Crippen LogP contribution in [0.15, 0.2) is 24.3 Å². The number of methoxy groups -OCH3 is 1. The van der Waals surface area contributed by atoms with E-state index in [2.05, 4.69) is 6.07 Å². The van der Waals surface area contributed by atoms with Gasteiger partial charge >= 0.3 is 0 Å². The molecule has 0 radical (unpaired) electrons. The predicted octanol–water partition coefficient (Wildman–Crippen LogP) is 2.22. The van der Waals surface area contributed by atoms with Gasteiger partial charge in [0.1, 0.15) is 12.0 Å². The highest BCUT2D eigenvalue weighted by atomic mass is 16.5. The standard InChI is InChI=1S/C12H12O2/c1-14-11-5-4-9-2-3-10(6-7-13)12(9)8-11/h4-8H,2-3H2,1H3/b10-6+. The van der Waals surface area contributed by atoms with Crippen LogP contribution in [0.3, 0.4) is 0 Å². The number of benzene rings is 1. The molecule has 0 saturated heterocycles. The van der Waals surface area contributed by atoms with E-state index in [1.807, 2.05) is 12.1 Å². The molecule has 1 aliphatic rings. The van der Waals surface area contributed by atoms with Crippen LogP contribution in [0.4, 0.5) is 0 Å². The SMILES string of the molecule is COc1ccc2c(c1)/C(=C/C=O)CC2. The first-order chi connectivity index (χ1) is 6.85. The Morgan fingerprint density at radius 1 is 1.36 bits per heavy atom. The van der Waals surface area contributed by atoms with Gasteiger partial charge in [-0.25, -0.2) is 0 Å². The van der Waals surface area contributed by atoms with Gasteiger partial charge in [0.25, 0.3) is 0 Å². The molecule has 0 unspecified atom stereocenters. The smallest absolute Gasteiger partial charge is 0.143 e. The van der Waals surface area contributed by atoms with Crippen LogP contribution in [0.25, 0.3) is 5.57 Å². The van der Waals surface area contributed by atoms with Crippen molar-refractivity contribution >= 4 is 11.9 Å².